The third-order valence-corrected chi connectivity index (χ3v) is 6.95. The number of benzene rings is 3. The van der Waals surface area contributed by atoms with E-state index in [0.717, 1.165) is 6.07 Å². The number of rotatable bonds is 5. The third kappa shape index (κ3) is 5.82. The lowest BCUT2D eigenvalue weighted by atomic mass is 10.1. The standard InChI is InChI=1S/C23H17BrF3N5O3S2/c24-14-9-10-18-15(11-14)20(21(33)32(18)12-13-5-1-2-6-16(13)23(25,26)27)30-31-22(36)29-17-7-3-4-8-19(17)37(28,34)35/h1-11,33H,12H2,(H,29,36)(H2,28,34,35). The number of halogens is 4. The number of para-hydroxylation sites is 1. The van der Waals surface area contributed by atoms with Crippen molar-refractivity contribution in [2.24, 2.45) is 15.4 Å². The van der Waals surface area contributed by atoms with Crippen molar-refractivity contribution in [3.8, 4) is 5.88 Å². The van der Waals surface area contributed by atoms with Crippen LogP contribution in [0.3, 0.4) is 0 Å². The molecular formula is C23H17BrF3N5O3S2. The molecule has 0 atom stereocenters. The number of aromatic hydroxyl groups is 1. The lowest BCUT2D eigenvalue weighted by Gasteiger charge is -2.14. The summed E-state index contributed by atoms with van der Waals surface area (Å²) in [6.07, 6.45) is -4.58. The fourth-order valence-corrected chi connectivity index (χ4v) is 4.92. The molecule has 37 heavy (non-hydrogen) atoms. The van der Waals surface area contributed by atoms with Gasteiger partial charge in [-0.3, -0.25) is 0 Å². The number of azo groups is 1. The molecule has 4 N–H and O–H groups in total. The lowest BCUT2D eigenvalue weighted by Crippen LogP contribution is -2.16. The highest BCUT2D eigenvalue weighted by Crippen LogP contribution is 2.41. The number of fused-ring (bicyclic) bond motifs is 1. The quantitative estimate of drug-likeness (QED) is 0.180. The minimum absolute atomic E-state index is 0.0373. The van der Waals surface area contributed by atoms with E-state index in [1.54, 1.807) is 24.3 Å². The van der Waals surface area contributed by atoms with Gasteiger partial charge in [0.25, 0.3) is 0 Å². The first-order valence-electron chi connectivity index (χ1n) is 10.4. The molecule has 0 aliphatic carbocycles. The molecule has 3 aromatic carbocycles. The maximum Gasteiger partial charge on any atom is 0.416 e. The highest BCUT2D eigenvalue weighted by molar-refractivity contribution is 9.10. The Labute approximate surface area is 222 Å². The van der Waals surface area contributed by atoms with E-state index in [1.165, 1.54) is 41.0 Å². The van der Waals surface area contributed by atoms with Gasteiger partial charge in [-0.05, 0) is 54.2 Å². The van der Waals surface area contributed by atoms with Crippen LogP contribution in [0, 0.1) is 0 Å². The first-order valence-corrected chi connectivity index (χ1v) is 13.1. The average Bonchev–Trinajstić information content (AvgIpc) is 3.07. The number of aromatic nitrogens is 1. The fourth-order valence-electron chi connectivity index (χ4n) is 3.71. The molecule has 0 aliphatic rings. The molecule has 4 rings (SSSR count). The molecule has 1 heterocycles. The molecule has 0 spiro atoms. The normalized spacial score (nSPS) is 12.4. The number of primary sulfonamides is 1. The summed E-state index contributed by atoms with van der Waals surface area (Å²) in [5, 5.41) is 26.9. The van der Waals surface area contributed by atoms with Crippen molar-refractivity contribution in [3.05, 3.63) is 82.3 Å². The monoisotopic (exact) mass is 611 g/mol. The molecule has 0 radical (unpaired) electrons. The number of hydrogen-bond acceptors (Lipinski definition) is 5. The van der Waals surface area contributed by atoms with E-state index in [4.69, 9.17) is 17.4 Å². The maximum atomic E-state index is 13.5. The highest BCUT2D eigenvalue weighted by Gasteiger charge is 2.33. The van der Waals surface area contributed by atoms with Gasteiger partial charge in [0.05, 0.1) is 23.3 Å². The van der Waals surface area contributed by atoms with Gasteiger partial charge >= 0.3 is 6.18 Å². The number of anilines is 1. The minimum atomic E-state index is -4.58. The smallest absolute Gasteiger partial charge is 0.416 e. The molecule has 0 saturated carbocycles. The first kappa shape index (κ1) is 26.7. The van der Waals surface area contributed by atoms with Crippen LogP contribution in [0.5, 0.6) is 5.88 Å². The summed E-state index contributed by atoms with van der Waals surface area (Å²) in [4.78, 5) is -0.209. The molecule has 0 fully saturated rings. The van der Waals surface area contributed by atoms with Crippen molar-refractivity contribution in [2.75, 3.05) is 5.32 Å². The van der Waals surface area contributed by atoms with Crippen molar-refractivity contribution >= 4 is 65.6 Å². The summed E-state index contributed by atoms with van der Waals surface area (Å²) in [7, 11) is -4.05. The summed E-state index contributed by atoms with van der Waals surface area (Å²) < 4.78 is 66.1. The second-order valence-electron chi connectivity index (χ2n) is 7.75. The number of alkyl halides is 3. The van der Waals surface area contributed by atoms with Gasteiger partial charge in [-0.15, -0.1) is 10.2 Å². The van der Waals surface area contributed by atoms with Crippen molar-refractivity contribution in [2.45, 2.75) is 17.6 Å². The van der Waals surface area contributed by atoms with Crippen LogP contribution in [0.15, 0.2) is 86.3 Å². The zero-order chi connectivity index (χ0) is 27.0. The zero-order valence-electron chi connectivity index (χ0n) is 18.6. The number of sulfonamides is 1. The van der Waals surface area contributed by atoms with Gasteiger partial charge in [0.1, 0.15) is 4.90 Å². The molecule has 192 valence electrons. The Morgan fingerprint density at radius 3 is 2.49 bits per heavy atom. The van der Waals surface area contributed by atoms with Gasteiger partial charge in [-0.2, -0.15) is 13.2 Å². The highest BCUT2D eigenvalue weighted by atomic mass is 79.9. The van der Waals surface area contributed by atoms with Crippen LogP contribution in [-0.4, -0.2) is 23.2 Å². The van der Waals surface area contributed by atoms with E-state index >= 15 is 0 Å². The van der Waals surface area contributed by atoms with Crippen molar-refractivity contribution < 1.29 is 26.7 Å². The Kier molecular flexibility index (Phi) is 7.37. The predicted molar refractivity (Wildman–Crippen MR) is 140 cm³/mol. The average molecular weight is 612 g/mol. The molecule has 0 saturated heterocycles. The second-order valence-corrected chi connectivity index (χ2v) is 10.6. The molecule has 1 aromatic heterocycles. The molecule has 14 heteroatoms. The van der Waals surface area contributed by atoms with Crippen LogP contribution in [-0.2, 0) is 22.7 Å². The van der Waals surface area contributed by atoms with Gasteiger partial charge in [-0.1, -0.05) is 46.3 Å². The molecule has 0 aliphatic heterocycles. The summed E-state index contributed by atoms with van der Waals surface area (Å²) in [5.41, 5.74) is -0.428. The van der Waals surface area contributed by atoms with Crippen molar-refractivity contribution in [3.63, 3.8) is 0 Å². The second kappa shape index (κ2) is 10.2. The Bertz CT molecular complexity index is 1650. The van der Waals surface area contributed by atoms with E-state index in [9.17, 15) is 26.7 Å². The van der Waals surface area contributed by atoms with Crippen molar-refractivity contribution in [1.29, 1.82) is 0 Å². The van der Waals surface area contributed by atoms with E-state index in [2.05, 4.69) is 31.5 Å². The van der Waals surface area contributed by atoms with E-state index in [1.807, 2.05) is 0 Å². The summed E-state index contributed by atoms with van der Waals surface area (Å²) in [6, 6.07) is 15.7. The van der Waals surface area contributed by atoms with Gasteiger partial charge in [0.2, 0.25) is 21.0 Å². The van der Waals surface area contributed by atoms with E-state index in [-0.39, 0.29) is 33.5 Å². The van der Waals surface area contributed by atoms with Crippen LogP contribution in [0.1, 0.15) is 11.1 Å². The topological polar surface area (TPSA) is 122 Å². The summed E-state index contributed by atoms with van der Waals surface area (Å²) >= 11 is 8.49. The fraction of sp³-hybridized carbons (Fsp3) is 0.0870. The Morgan fingerprint density at radius 2 is 1.78 bits per heavy atom. The van der Waals surface area contributed by atoms with Crippen LogP contribution in [0.2, 0.25) is 0 Å². The third-order valence-electron chi connectivity index (χ3n) is 5.30. The molecule has 0 bridgehead atoms. The largest absolute Gasteiger partial charge is 0.493 e. The van der Waals surface area contributed by atoms with Gasteiger partial charge in [0.15, 0.2) is 5.69 Å². The number of hydrogen-bond donors (Lipinski definition) is 3. The Balaban J connectivity index is 1.72. The Morgan fingerprint density at radius 1 is 1.11 bits per heavy atom. The summed E-state index contributed by atoms with van der Waals surface area (Å²) in [6.45, 7) is -0.292. The molecule has 0 unspecified atom stereocenters. The number of nitrogens with zero attached hydrogens (tertiary/aromatic N) is 3. The van der Waals surface area contributed by atoms with Gasteiger partial charge < -0.3 is 15.0 Å². The number of thiocarbonyl (C=S) groups is 1. The van der Waals surface area contributed by atoms with Crippen LogP contribution >= 0.6 is 28.1 Å². The minimum Gasteiger partial charge on any atom is -0.493 e. The summed E-state index contributed by atoms with van der Waals surface area (Å²) in [5.74, 6) is -0.429. The van der Waals surface area contributed by atoms with Crippen molar-refractivity contribution in [1.82, 2.24) is 4.57 Å². The molecule has 4 aromatic rings. The van der Waals surface area contributed by atoms with Crippen LogP contribution in [0.4, 0.5) is 24.5 Å². The predicted octanol–water partition coefficient (Wildman–Crippen LogP) is 6.30. The molecule has 8 nitrogen and oxygen atoms in total. The SMILES string of the molecule is NS(=O)(=O)c1ccccc1NC(=S)N=Nc1c(O)n(Cc2ccccc2C(F)(F)F)c2ccc(Br)cc12. The van der Waals surface area contributed by atoms with Crippen LogP contribution < -0.4 is 10.5 Å². The van der Waals surface area contributed by atoms with Crippen LogP contribution in [0.25, 0.3) is 10.9 Å². The molecular weight excluding hydrogens is 595 g/mol. The maximum absolute atomic E-state index is 13.5. The Hall–Kier alpha value is -3.33. The number of nitrogens with two attached hydrogens (primary N) is 1. The number of nitrogens with one attached hydrogen (secondary N) is 1. The van der Waals surface area contributed by atoms with Gasteiger partial charge in [-0.25, -0.2) is 13.6 Å². The zero-order valence-corrected chi connectivity index (χ0v) is 21.8. The van der Waals surface area contributed by atoms with Gasteiger partial charge in [0, 0.05) is 9.86 Å². The van der Waals surface area contributed by atoms with E-state index in [0.29, 0.717) is 15.4 Å². The molecule has 0 amide bonds. The van der Waals surface area contributed by atoms with E-state index < -0.39 is 27.6 Å². The first-order chi connectivity index (χ1) is 17.4. The lowest BCUT2D eigenvalue weighted by molar-refractivity contribution is -0.138.